The van der Waals surface area contributed by atoms with E-state index in [2.05, 4.69) is 19.8 Å². The van der Waals surface area contributed by atoms with Gasteiger partial charge in [-0.25, -0.2) is 13.8 Å². The summed E-state index contributed by atoms with van der Waals surface area (Å²) in [6.45, 7) is 4.72. The Kier molecular flexibility index (Phi) is 3.71. The molecule has 1 aromatic heterocycles. The molecule has 3 atom stereocenters. The number of halogens is 2. The van der Waals surface area contributed by atoms with Gasteiger partial charge in [0, 0.05) is 36.9 Å². The van der Waals surface area contributed by atoms with Gasteiger partial charge < -0.3 is 4.90 Å². The van der Waals surface area contributed by atoms with Gasteiger partial charge >= 0.3 is 0 Å². The average molecular weight is 356 g/mol. The molecule has 4 nitrogen and oxygen atoms in total. The molecule has 0 aliphatic carbocycles. The largest absolute Gasteiger partial charge is 0.350 e. The monoisotopic (exact) mass is 356 g/mol. The van der Waals surface area contributed by atoms with Gasteiger partial charge in [-0.05, 0) is 50.4 Å². The first-order valence-electron chi connectivity index (χ1n) is 9.37. The van der Waals surface area contributed by atoms with Crippen molar-refractivity contribution in [2.75, 3.05) is 24.5 Å². The first-order chi connectivity index (χ1) is 12.6. The predicted molar refractivity (Wildman–Crippen MR) is 95.1 cm³/mol. The highest BCUT2D eigenvalue weighted by molar-refractivity contribution is 5.49. The lowest BCUT2D eigenvalue weighted by Crippen LogP contribution is -2.60. The Hall–Kier alpha value is -2.08. The standard InChI is InChI=1S/C20H22F2N4/c1-12-20(24-8-7-23-12)26-11-15(14-3-2-4-16(21)17(14)22)19-18(26)13-5-9-25(19)10-6-13/h2-4,7-8,13,15,18-19H,5-6,9-11H2,1H3/t15-,18-,19-/m1/s1. The van der Waals surface area contributed by atoms with E-state index in [4.69, 9.17) is 0 Å². The van der Waals surface area contributed by atoms with Crippen LogP contribution in [0.3, 0.4) is 0 Å². The zero-order valence-electron chi connectivity index (χ0n) is 14.8. The fourth-order valence-corrected chi connectivity index (χ4v) is 5.43. The summed E-state index contributed by atoms with van der Waals surface area (Å²) in [6.07, 6.45) is 5.74. The van der Waals surface area contributed by atoms with Crippen LogP contribution in [0.2, 0.25) is 0 Å². The number of nitrogens with zero attached hydrogens (tertiary/aromatic N) is 4. The minimum Gasteiger partial charge on any atom is -0.350 e. The summed E-state index contributed by atoms with van der Waals surface area (Å²) in [7, 11) is 0. The second kappa shape index (κ2) is 5.98. The highest BCUT2D eigenvalue weighted by atomic mass is 19.2. The number of hydrogen-bond acceptors (Lipinski definition) is 4. The summed E-state index contributed by atoms with van der Waals surface area (Å²) in [5.41, 5.74) is 1.39. The Morgan fingerprint density at radius 2 is 1.81 bits per heavy atom. The fourth-order valence-electron chi connectivity index (χ4n) is 5.43. The highest BCUT2D eigenvalue weighted by Gasteiger charge is 2.54. The fraction of sp³-hybridized carbons (Fsp3) is 0.500. The van der Waals surface area contributed by atoms with E-state index in [-0.39, 0.29) is 12.0 Å². The summed E-state index contributed by atoms with van der Waals surface area (Å²) in [5, 5.41) is 0. The quantitative estimate of drug-likeness (QED) is 0.828. The number of fused-ring (bicyclic) bond motifs is 2. The number of anilines is 1. The Bertz CT molecular complexity index is 834. The van der Waals surface area contributed by atoms with Crippen LogP contribution in [0.15, 0.2) is 30.6 Å². The first kappa shape index (κ1) is 16.1. The van der Waals surface area contributed by atoms with Crippen molar-refractivity contribution in [1.82, 2.24) is 14.9 Å². The minimum atomic E-state index is -0.760. The zero-order chi connectivity index (χ0) is 17.8. The van der Waals surface area contributed by atoms with E-state index in [0.29, 0.717) is 24.1 Å². The van der Waals surface area contributed by atoms with Crippen molar-refractivity contribution in [2.24, 2.45) is 5.92 Å². The maximum absolute atomic E-state index is 14.6. The van der Waals surface area contributed by atoms with Crippen molar-refractivity contribution in [3.05, 3.63) is 53.5 Å². The van der Waals surface area contributed by atoms with Gasteiger partial charge in [0.25, 0.3) is 0 Å². The summed E-state index contributed by atoms with van der Waals surface area (Å²) in [4.78, 5) is 13.8. The van der Waals surface area contributed by atoms with Crippen molar-refractivity contribution < 1.29 is 8.78 Å². The average Bonchev–Trinajstić information content (AvgIpc) is 3.08. The zero-order valence-corrected chi connectivity index (χ0v) is 14.8. The molecule has 0 unspecified atom stereocenters. The molecule has 6 heteroatoms. The lowest BCUT2D eigenvalue weighted by molar-refractivity contribution is 0.0349. The molecular weight excluding hydrogens is 334 g/mol. The van der Waals surface area contributed by atoms with Gasteiger partial charge in [-0.2, -0.15) is 0 Å². The van der Waals surface area contributed by atoms with Crippen LogP contribution in [-0.2, 0) is 0 Å². The third-order valence-corrected chi connectivity index (χ3v) is 6.50. The van der Waals surface area contributed by atoms with Crippen molar-refractivity contribution in [3.63, 3.8) is 0 Å². The van der Waals surface area contributed by atoms with Crippen molar-refractivity contribution in [2.45, 2.75) is 37.8 Å². The van der Waals surface area contributed by atoms with Crippen LogP contribution < -0.4 is 4.90 Å². The Balaban J connectivity index is 1.61. The lowest BCUT2D eigenvalue weighted by atomic mass is 9.75. The lowest BCUT2D eigenvalue weighted by Gasteiger charge is -2.51. The van der Waals surface area contributed by atoms with Crippen LogP contribution in [0.25, 0.3) is 0 Å². The molecule has 1 aromatic carbocycles. The third-order valence-electron chi connectivity index (χ3n) is 6.50. The van der Waals surface area contributed by atoms with Crippen LogP contribution in [0, 0.1) is 24.5 Å². The Morgan fingerprint density at radius 3 is 2.58 bits per heavy atom. The molecule has 4 saturated heterocycles. The molecule has 0 spiro atoms. The molecule has 26 heavy (non-hydrogen) atoms. The molecule has 0 radical (unpaired) electrons. The number of benzene rings is 1. The summed E-state index contributed by atoms with van der Waals surface area (Å²) >= 11 is 0. The molecule has 2 bridgehead atoms. The highest BCUT2D eigenvalue weighted by Crippen LogP contribution is 2.48. The van der Waals surface area contributed by atoms with Gasteiger partial charge in [-0.3, -0.25) is 9.88 Å². The molecule has 4 aliphatic heterocycles. The molecule has 2 aromatic rings. The molecule has 5 heterocycles. The van der Waals surface area contributed by atoms with E-state index in [1.54, 1.807) is 24.5 Å². The van der Waals surface area contributed by atoms with E-state index in [1.807, 2.05) is 6.92 Å². The minimum absolute atomic E-state index is 0.0554. The van der Waals surface area contributed by atoms with Gasteiger partial charge in [0.05, 0.1) is 5.69 Å². The molecule has 0 amide bonds. The number of piperidine rings is 3. The van der Waals surface area contributed by atoms with Gasteiger partial charge in [-0.1, -0.05) is 12.1 Å². The van der Waals surface area contributed by atoms with E-state index >= 15 is 0 Å². The Labute approximate surface area is 151 Å². The SMILES string of the molecule is Cc1nccnc1N1C[C@H](c2cccc(F)c2F)[C@@H]2[C@H]1C1CCN2CC1. The molecule has 4 aliphatic rings. The second-order valence-electron chi connectivity index (χ2n) is 7.72. The maximum Gasteiger partial charge on any atom is 0.162 e. The van der Waals surface area contributed by atoms with E-state index in [9.17, 15) is 8.78 Å². The first-order valence-corrected chi connectivity index (χ1v) is 9.37. The number of aryl methyl sites for hydroxylation is 1. The van der Waals surface area contributed by atoms with Crippen LogP contribution in [0.5, 0.6) is 0 Å². The number of rotatable bonds is 2. The normalized spacial score (nSPS) is 32.7. The van der Waals surface area contributed by atoms with Crippen molar-refractivity contribution >= 4 is 5.82 Å². The van der Waals surface area contributed by atoms with Gasteiger partial charge in [-0.15, -0.1) is 0 Å². The van der Waals surface area contributed by atoms with Crippen LogP contribution >= 0.6 is 0 Å². The van der Waals surface area contributed by atoms with Crippen LogP contribution in [0.1, 0.15) is 30.0 Å². The molecule has 0 N–H and O–H groups in total. The van der Waals surface area contributed by atoms with Crippen molar-refractivity contribution in [1.29, 1.82) is 0 Å². The maximum atomic E-state index is 14.6. The molecular formula is C20H22F2N4. The third kappa shape index (κ3) is 2.28. The second-order valence-corrected chi connectivity index (χ2v) is 7.72. The van der Waals surface area contributed by atoms with E-state index in [0.717, 1.165) is 37.4 Å². The predicted octanol–water partition coefficient (Wildman–Crippen LogP) is 3.13. The summed E-state index contributed by atoms with van der Waals surface area (Å²) in [6, 6.07) is 5.07. The molecule has 136 valence electrons. The van der Waals surface area contributed by atoms with Gasteiger partial charge in [0.2, 0.25) is 0 Å². The van der Waals surface area contributed by atoms with E-state index in [1.165, 1.54) is 6.07 Å². The van der Waals surface area contributed by atoms with Crippen LogP contribution in [0.4, 0.5) is 14.6 Å². The van der Waals surface area contributed by atoms with Crippen molar-refractivity contribution in [3.8, 4) is 0 Å². The van der Waals surface area contributed by atoms with Gasteiger partial charge in [0.15, 0.2) is 11.6 Å². The number of hydrogen-bond donors (Lipinski definition) is 0. The topological polar surface area (TPSA) is 32.3 Å². The smallest absolute Gasteiger partial charge is 0.162 e. The molecule has 4 fully saturated rings. The summed E-state index contributed by atoms with van der Waals surface area (Å²) < 4.78 is 28.5. The van der Waals surface area contributed by atoms with E-state index < -0.39 is 11.6 Å². The number of aromatic nitrogens is 2. The Morgan fingerprint density at radius 1 is 1.04 bits per heavy atom. The molecule has 0 saturated carbocycles. The molecule has 6 rings (SSSR count). The van der Waals surface area contributed by atoms with Gasteiger partial charge in [0.1, 0.15) is 5.82 Å². The summed E-state index contributed by atoms with van der Waals surface area (Å²) in [5.74, 6) is -0.0513. The van der Waals surface area contributed by atoms with Crippen LogP contribution in [-0.4, -0.2) is 46.6 Å².